The number of unbranched alkanes of at least 4 members (excludes halogenated alkanes) is 9. The fraction of sp³-hybridized carbons (Fsp3) is 0.900. The lowest BCUT2D eigenvalue weighted by molar-refractivity contribution is -0.487. The summed E-state index contributed by atoms with van der Waals surface area (Å²) >= 11 is 0. The molecule has 5 nitrogen and oxygen atoms in total. The highest BCUT2D eigenvalue weighted by atomic mass is 16.4. The van der Waals surface area contributed by atoms with Crippen molar-refractivity contribution < 1.29 is 14.5 Å². The van der Waals surface area contributed by atoms with Gasteiger partial charge in [0, 0.05) is 12.4 Å². The number of hydrogen-bond donors (Lipinski definition) is 1. The van der Waals surface area contributed by atoms with Crippen molar-refractivity contribution in [3.8, 4) is 0 Å². The van der Waals surface area contributed by atoms with Gasteiger partial charge in [-0.3, -0.25) is 10.3 Å². The van der Waals surface area contributed by atoms with Crippen molar-refractivity contribution in [3.05, 3.63) is 0 Å². The Hall–Kier alpha value is -1.10. The average molecular weight is 356 g/mol. The van der Waals surface area contributed by atoms with Gasteiger partial charge in [0.15, 0.2) is 0 Å². The minimum Gasteiger partial charge on any atom is -0.550 e. The van der Waals surface area contributed by atoms with Crippen LogP contribution in [0, 0.1) is 0 Å². The minimum absolute atomic E-state index is 0.160. The molecule has 0 amide bonds. The molecule has 0 spiro atoms. The van der Waals surface area contributed by atoms with Crippen molar-refractivity contribution in [2.45, 2.75) is 97.6 Å². The smallest absolute Gasteiger partial charge is 0.248 e. The van der Waals surface area contributed by atoms with Crippen molar-refractivity contribution in [2.75, 3.05) is 20.1 Å². The first-order valence-electron chi connectivity index (χ1n) is 10.2. The molecule has 0 aromatic carbocycles. The van der Waals surface area contributed by atoms with Gasteiger partial charge < -0.3 is 9.90 Å². The van der Waals surface area contributed by atoms with E-state index in [1.54, 1.807) is 0 Å². The Kier molecular flexibility index (Phi) is 14.5. The second kappa shape index (κ2) is 15.2. The monoisotopic (exact) mass is 355 g/mol. The molecule has 0 bridgehead atoms. The third-order valence-electron chi connectivity index (χ3n) is 4.69. The molecule has 0 fully saturated rings. The zero-order valence-electron chi connectivity index (χ0n) is 17.1. The van der Waals surface area contributed by atoms with Crippen LogP contribution in [0.5, 0.6) is 0 Å². The number of aliphatic carboxylic acids is 1. The third kappa shape index (κ3) is 12.9. The van der Waals surface area contributed by atoms with Crippen LogP contribution in [0.25, 0.3) is 0 Å². The van der Waals surface area contributed by atoms with E-state index in [2.05, 4.69) is 30.4 Å². The van der Waals surface area contributed by atoms with Crippen LogP contribution in [0.3, 0.4) is 0 Å². The van der Waals surface area contributed by atoms with E-state index in [4.69, 9.17) is 15.6 Å². The number of carboxylic acids is 1. The number of amidine groups is 1. The maximum absolute atomic E-state index is 8.89. The number of nitrogens with zero attached hydrogens (tertiary/aromatic N) is 2. The molecule has 0 saturated heterocycles. The van der Waals surface area contributed by atoms with Crippen LogP contribution in [0.4, 0.5) is 0 Å². The summed E-state index contributed by atoms with van der Waals surface area (Å²) in [6.45, 7) is 7.58. The quantitative estimate of drug-likeness (QED) is 0.431. The lowest BCUT2D eigenvalue weighted by Gasteiger charge is -2.16. The summed E-state index contributed by atoms with van der Waals surface area (Å²) in [5.74, 6) is 0.379. The molecular weight excluding hydrogens is 314 g/mol. The van der Waals surface area contributed by atoms with Crippen molar-refractivity contribution >= 4 is 11.8 Å². The van der Waals surface area contributed by atoms with Gasteiger partial charge in [0.25, 0.3) is 0 Å². The number of carbonyl (C=O) groups is 1. The van der Waals surface area contributed by atoms with Gasteiger partial charge in [-0.05, 0) is 20.3 Å². The van der Waals surface area contributed by atoms with Crippen LogP contribution in [-0.4, -0.2) is 47.6 Å². The van der Waals surface area contributed by atoms with Crippen LogP contribution >= 0.6 is 0 Å². The first kappa shape index (κ1) is 23.9. The molecular formula is C20H41N3O2. The van der Waals surface area contributed by atoms with Gasteiger partial charge in [-0.1, -0.05) is 64.7 Å². The van der Waals surface area contributed by atoms with Gasteiger partial charge in [-0.2, -0.15) is 0 Å². The van der Waals surface area contributed by atoms with Crippen molar-refractivity contribution in [1.82, 2.24) is 4.90 Å². The molecule has 148 valence electrons. The van der Waals surface area contributed by atoms with Crippen molar-refractivity contribution in [2.24, 2.45) is 5.73 Å². The summed E-state index contributed by atoms with van der Waals surface area (Å²) in [7, 11) is 2.20. The van der Waals surface area contributed by atoms with Gasteiger partial charge in [0.2, 0.25) is 5.84 Å². The van der Waals surface area contributed by atoms with E-state index < -0.39 is 5.97 Å². The minimum atomic E-state index is -1.08. The molecule has 2 N–H and O–H groups in total. The van der Waals surface area contributed by atoms with Crippen LogP contribution in [0.2, 0.25) is 0 Å². The van der Waals surface area contributed by atoms with Gasteiger partial charge in [0.05, 0.1) is 7.05 Å². The van der Waals surface area contributed by atoms with E-state index >= 15 is 0 Å². The zero-order valence-corrected chi connectivity index (χ0v) is 17.1. The Morgan fingerprint density at radius 3 is 2.00 bits per heavy atom. The molecule has 5 heteroatoms. The summed E-state index contributed by atoms with van der Waals surface area (Å²) in [5, 5.41) is 8.89. The Labute approximate surface area is 155 Å². The highest BCUT2D eigenvalue weighted by Crippen LogP contribution is 2.14. The number of nitrogens with two attached hydrogens (primary N) is 1. The van der Waals surface area contributed by atoms with Gasteiger partial charge >= 0.3 is 0 Å². The van der Waals surface area contributed by atoms with Crippen molar-refractivity contribution in [1.29, 1.82) is 0 Å². The zero-order chi connectivity index (χ0) is 19.1. The SMILES string of the molecule is CC(=O)[O-].CCCCCCCCCCCCC1=[N+](C)CCN1C(C)N. The Bertz CT molecular complexity index is 377. The molecule has 1 heterocycles. The van der Waals surface area contributed by atoms with E-state index in [0.717, 1.165) is 20.0 Å². The maximum atomic E-state index is 8.89. The molecule has 1 aliphatic rings. The molecule has 0 aromatic heterocycles. The largest absolute Gasteiger partial charge is 0.550 e. The lowest BCUT2D eigenvalue weighted by Crippen LogP contribution is -2.42. The fourth-order valence-electron chi connectivity index (χ4n) is 3.28. The van der Waals surface area contributed by atoms with Gasteiger partial charge in [-0.25, -0.2) is 4.90 Å². The molecule has 1 aliphatic heterocycles. The third-order valence-corrected chi connectivity index (χ3v) is 4.69. The number of likely N-dealkylation sites (N-methyl/N-ethyl adjacent to an activating group) is 1. The summed E-state index contributed by atoms with van der Waals surface area (Å²) < 4.78 is 2.39. The maximum Gasteiger partial charge on any atom is 0.248 e. The standard InChI is InChI=1S/C18H38N3.C2H4O2/c1-4-5-6-7-8-9-10-11-12-13-14-18-20(3)15-16-21(18)17(2)19;1-2(3)4/h17H,4-16,19H2,1-3H3;1H3,(H,3,4)/q+1;/p-1. The predicted octanol–water partition coefficient (Wildman–Crippen LogP) is 2.71. The van der Waals surface area contributed by atoms with Gasteiger partial charge in [-0.15, -0.1) is 0 Å². The predicted molar refractivity (Wildman–Crippen MR) is 104 cm³/mol. The number of carbonyl (C=O) groups excluding carboxylic acids is 1. The summed E-state index contributed by atoms with van der Waals surface area (Å²) in [5.41, 5.74) is 6.05. The highest BCUT2D eigenvalue weighted by molar-refractivity contribution is 5.78. The molecule has 25 heavy (non-hydrogen) atoms. The van der Waals surface area contributed by atoms with Crippen LogP contribution in [-0.2, 0) is 4.79 Å². The van der Waals surface area contributed by atoms with Crippen LogP contribution < -0.4 is 10.8 Å². The van der Waals surface area contributed by atoms with E-state index in [9.17, 15) is 0 Å². The van der Waals surface area contributed by atoms with Crippen LogP contribution in [0.15, 0.2) is 0 Å². The molecule has 0 saturated carbocycles. The fourth-order valence-corrected chi connectivity index (χ4v) is 3.28. The van der Waals surface area contributed by atoms with Crippen molar-refractivity contribution in [3.63, 3.8) is 0 Å². The Balaban J connectivity index is 0.00000129. The van der Waals surface area contributed by atoms with E-state index in [0.29, 0.717) is 0 Å². The highest BCUT2D eigenvalue weighted by Gasteiger charge is 2.30. The molecule has 0 radical (unpaired) electrons. The van der Waals surface area contributed by atoms with E-state index in [1.807, 2.05) is 0 Å². The summed E-state index contributed by atoms with van der Waals surface area (Å²) in [6.07, 6.45) is 15.4. The number of hydrogen-bond acceptors (Lipinski definition) is 4. The average Bonchev–Trinajstić information content (AvgIpc) is 2.90. The van der Waals surface area contributed by atoms with Crippen LogP contribution in [0.1, 0.15) is 91.4 Å². The van der Waals surface area contributed by atoms with E-state index in [-0.39, 0.29) is 6.17 Å². The molecule has 0 aliphatic carbocycles. The topological polar surface area (TPSA) is 72.4 Å². The number of rotatable bonds is 12. The second-order valence-electron chi connectivity index (χ2n) is 7.20. The summed E-state index contributed by atoms with van der Waals surface area (Å²) in [6, 6.07) is 0. The Morgan fingerprint density at radius 2 is 1.56 bits per heavy atom. The number of carboxylic acid groups (broad SMARTS) is 1. The molecule has 1 unspecified atom stereocenters. The van der Waals surface area contributed by atoms with Gasteiger partial charge in [0.1, 0.15) is 19.3 Å². The second-order valence-corrected chi connectivity index (χ2v) is 7.20. The molecule has 1 atom stereocenters. The van der Waals surface area contributed by atoms with E-state index in [1.165, 1.54) is 76.5 Å². The first-order valence-corrected chi connectivity index (χ1v) is 10.2. The molecule has 0 aromatic rings. The first-order chi connectivity index (χ1) is 11.9. The normalized spacial score (nSPS) is 15.2. The summed E-state index contributed by atoms with van der Waals surface area (Å²) in [4.78, 5) is 11.3. The lowest BCUT2D eigenvalue weighted by atomic mass is 10.1. The Morgan fingerprint density at radius 1 is 1.12 bits per heavy atom. The molecule has 1 rings (SSSR count).